The molecule has 0 radical (unpaired) electrons. The fourth-order valence-electron chi connectivity index (χ4n) is 4.86. The Morgan fingerprint density at radius 1 is 1.13 bits per heavy atom. The molecule has 1 saturated heterocycles. The Bertz CT molecular complexity index is 1010. The van der Waals surface area contributed by atoms with Gasteiger partial charge in [0.1, 0.15) is 17.3 Å². The topological polar surface area (TPSA) is 84.9 Å². The molecule has 0 unspecified atom stereocenters. The summed E-state index contributed by atoms with van der Waals surface area (Å²) in [6.45, 7) is 4.63. The van der Waals surface area contributed by atoms with E-state index < -0.39 is 10.0 Å². The number of nitrogens with zero attached hydrogens (tertiary/aromatic N) is 4. The number of fused-ring (bicyclic) bond motifs is 3. The molecule has 0 aromatic carbocycles. The molecular formula is C20H28N4O4S2. The Labute approximate surface area is 181 Å². The molecule has 10 heteroatoms. The first-order chi connectivity index (χ1) is 14.5. The quantitative estimate of drug-likeness (QED) is 0.702. The molecule has 1 saturated carbocycles. The summed E-state index contributed by atoms with van der Waals surface area (Å²) < 4.78 is 37.5. The molecule has 0 N–H and O–H groups in total. The standard InChI is InChI=1S/C20H28N4O4S2/c1-30(25,26)24-7-6-17-16(12-24)18-19(21-13-22-20(18)29-17)28-15-4-2-14(3-5-15)23-8-10-27-11-9-23/h13-15H,2-12H2,1H3/t14-,15-. The van der Waals surface area contributed by atoms with Crippen molar-refractivity contribution in [2.45, 2.75) is 50.8 Å². The molecule has 164 valence electrons. The fourth-order valence-corrected chi connectivity index (χ4v) is 6.78. The summed E-state index contributed by atoms with van der Waals surface area (Å²) in [6.07, 6.45) is 7.97. The molecule has 2 aliphatic heterocycles. The van der Waals surface area contributed by atoms with Crippen molar-refractivity contribution in [1.82, 2.24) is 19.2 Å². The van der Waals surface area contributed by atoms with Crippen LogP contribution in [0.25, 0.3) is 10.2 Å². The van der Waals surface area contributed by atoms with Crippen LogP contribution < -0.4 is 4.74 Å². The largest absolute Gasteiger partial charge is 0.474 e. The number of ether oxygens (including phenoxy) is 2. The predicted octanol–water partition coefficient (Wildman–Crippen LogP) is 2.03. The van der Waals surface area contributed by atoms with Crippen LogP contribution in [0.4, 0.5) is 0 Å². The second-order valence-electron chi connectivity index (χ2n) is 8.41. The Morgan fingerprint density at radius 3 is 2.63 bits per heavy atom. The maximum absolute atomic E-state index is 12.1. The van der Waals surface area contributed by atoms with E-state index in [9.17, 15) is 8.42 Å². The van der Waals surface area contributed by atoms with Gasteiger partial charge in [-0.15, -0.1) is 11.3 Å². The van der Waals surface area contributed by atoms with E-state index in [4.69, 9.17) is 9.47 Å². The average Bonchev–Trinajstić information content (AvgIpc) is 3.13. The summed E-state index contributed by atoms with van der Waals surface area (Å²) in [7, 11) is -3.23. The molecule has 5 rings (SSSR count). The minimum absolute atomic E-state index is 0.144. The van der Waals surface area contributed by atoms with Gasteiger partial charge < -0.3 is 9.47 Å². The average molecular weight is 453 g/mol. The maximum Gasteiger partial charge on any atom is 0.225 e. The van der Waals surface area contributed by atoms with E-state index in [-0.39, 0.29) is 6.10 Å². The van der Waals surface area contributed by atoms with Gasteiger partial charge in [-0.3, -0.25) is 4.90 Å². The predicted molar refractivity (Wildman–Crippen MR) is 115 cm³/mol. The summed E-state index contributed by atoms with van der Waals surface area (Å²) in [4.78, 5) is 13.5. The third kappa shape index (κ3) is 4.08. The highest BCUT2D eigenvalue weighted by atomic mass is 32.2. The number of aromatic nitrogens is 2. The van der Waals surface area contributed by atoms with Crippen molar-refractivity contribution in [3.63, 3.8) is 0 Å². The molecule has 4 heterocycles. The van der Waals surface area contributed by atoms with Crippen LogP contribution in [0.3, 0.4) is 0 Å². The molecule has 2 aromatic rings. The summed E-state index contributed by atoms with van der Waals surface area (Å²) in [5.41, 5.74) is 1.02. The maximum atomic E-state index is 12.1. The second-order valence-corrected chi connectivity index (χ2v) is 11.5. The molecule has 30 heavy (non-hydrogen) atoms. The van der Waals surface area contributed by atoms with Crippen LogP contribution in [-0.2, 0) is 27.7 Å². The van der Waals surface area contributed by atoms with Crippen LogP contribution in [0.5, 0.6) is 5.88 Å². The van der Waals surface area contributed by atoms with Crippen LogP contribution in [0, 0.1) is 0 Å². The SMILES string of the molecule is CS(=O)(=O)N1CCc2sc3ncnc(O[C@H]4CC[C@H](N5CCOCC5)CC4)c3c2C1. The summed E-state index contributed by atoms with van der Waals surface area (Å²) >= 11 is 1.64. The van der Waals surface area contributed by atoms with Crippen LogP contribution in [0.2, 0.25) is 0 Å². The zero-order valence-corrected chi connectivity index (χ0v) is 18.9. The van der Waals surface area contributed by atoms with Crippen molar-refractivity contribution in [2.75, 3.05) is 39.1 Å². The first-order valence-corrected chi connectivity index (χ1v) is 13.3. The molecule has 0 amide bonds. The van der Waals surface area contributed by atoms with Gasteiger partial charge in [0.05, 0.1) is 24.9 Å². The third-order valence-electron chi connectivity index (χ3n) is 6.51. The third-order valence-corrected chi connectivity index (χ3v) is 8.96. The molecule has 0 bridgehead atoms. The number of hydrogen-bond acceptors (Lipinski definition) is 8. The van der Waals surface area contributed by atoms with Gasteiger partial charge in [0.2, 0.25) is 15.9 Å². The summed E-state index contributed by atoms with van der Waals surface area (Å²) in [5, 5.41) is 0.904. The van der Waals surface area contributed by atoms with Crippen molar-refractivity contribution in [3.8, 4) is 5.88 Å². The lowest BCUT2D eigenvalue weighted by molar-refractivity contribution is -0.00126. The molecule has 2 aromatic heterocycles. The van der Waals surface area contributed by atoms with Crippen molar-refractivity contribution in [2.24, 2.45) is 0 Å². The number of morpholine rings is 1. The Morgan fingerprint density at radius 2 is 1.90 bits per heavy atom. The highest BCUT2D eigenvalue weighted by Crippen LogP contribution is 2.39. The van der Waals surface area contributed by atoms with E-state index >= 15 is 0 Å². The number of hydrogen-bond donors (Lipinski definition) is 0. The minimum atomic E-state index is -3.23. The van der Waals surface area contributed by atoms with Crippen molar-refractivity contribution >= 4 is 31.6 Å². The van der Waals surface area contributed by atoms with Gasteiger partial charge >= 0.3 is 0 Å². The van der Waals surface area contributed by atoms with Crippen LogP contribution in [0.1, 0.15) is 36.1 Å². The Hall–Kier alpha value is -1.33. The molecule has 1 aliphatic carbocycles. The van der Waals surface area contributed by atoms with Crippen LogP contribution in [0.15, 0.2) is 6.33 Å². The Kier molecular flexibility index (Phi) is 5.70. The first-order valence-electron chi connectivity index (χ1n) is 10.7. The summed E-state index contributed by atoms with van der Waals surface area (Å²) in [6, 6.07) is 0.622. The highest BCUT2D eigenvalue weighted by Gasteiger charge is 2.31. The zero-order valence-electron chi connectivity index (χ0n) is 17.2. The van der Waals surface area contributed by atoms with Gasteiger partial charge in [-0.1, -0.05) is 0 Å². The number of sulfonamides is 1. The monoisotopic (exact) mass is 452 g/mol. The second kappa shape index (κ2) is 8.31. The van der Waals surface area contributed by atoms with E-state index in [0.29, 0.717) is 31.4 Å². The molecule has 2 fully saturated rings. The minimum Gasteiger partial charge on any atom is -0.474 e. The molecule has 8 nitrogen and oxygen atoms in total. The van der Waals surface area contributed by atoms with Gasteiger partial charge in [0.25, 0.3) is 0 Å². The Balaban J connectivity index is 1.33. The van der Waals surface area contributed by atoms with E-state index in [1.165, 1.54) is 15.4 Å². The highest BCUT2D eigenvalue weighted by molar-refractivity contribution is 7.88. The lowest BCUT2D eigenvalue weighted by Crippen LogP contribution is -2.46. The van der Waals surface area contributed by atoms with Gasteiger partial charge in [0.15, 0.2) is 0 Å². The van der Waals surface area contributed by atoms with Gasteiger partial charge in [-0.2, -0.15) is 4.31 Å². The van der Waals surface area contributed by atoms with E-state index in [1.54, 1.807) is 17.7 Å². The normalized spacial score (nSPS) is 26.6. The van der Waals surface area contributed by atoms with E-state index in [1.807, 2.05) is 0 Å². The van der Waals surface area contributed by atoms with E-state index in [0.717, 1.165) is 67.8 Å². The summed E-state index contributed by atoms with van der Waals surface area (Å²) in [5.74, 6) is 0.614. The van der Waals surface area contributed by atoms with E-state index in [2.05, 4.69) is 14.9 Å². The van der Waals surface area contributed by atoms with Crippen LogP contribution >= 0.6 is 11.3 Å². The molecule has 0 spiro atoms. The van der Waals surface area contributed by atoms with Crippen LogP contribution in [-0.4, -0.2) is 78.8 Å². The molecular weight excluding hydrogens is 424 g/mol. The number of rotatable bonds is 4. The lowest BCUT2D eigenvalue weighted by Gasteiger charge is -2.38. The zero-order chi connectivity index (χ0) is 20.7. The van der Waals surface area contributed by atoms with Crippen molar-refractivity contribution in [1.29, 1.82) is 0 Å². The van der Waals surface area contributed by atoms with Gasteiger partial charge in [-0.05, 0) is 37.7 Å². The lowest BCUT2D eigenvalue weighted by atomic mass is 9.91. The first kappa shape index (κ1) is 20.6. The van der Waals surface area contributed by atoms with Gasteiger partial charge in [0, 0.05) is 37.1 Å². The molecule has 3 aliphatic rings. The molecule has 0 atom stereocenters. The smallest absolute Gasteiger partial charge is 0.225 e. The fraction of sp³-hybridized carbons (Fsp3) is 0.700. The van der Waals surface area contributed by atoms with Crippen molar-refractivity contribution in [3.05, 3.63) is 16.8 Å². The van der Waals surface area contributed by atoms with Gasteiger partial charge in [-0.25, -0.2) is 18.4 Å². The number of thiophene rings is 1. The van der Waals surface area contributed by atoms with Crippen molar-refractivity contribution < 1.29 is 17.9 Å².